The van der Waals surface area contributed by atoms with E-state index in [1.807, 2.05) is 39.0 Å². The Balaban J connectivity index is 1.24. The topological polar surface area (TPSA) is 84.2 Å². The van der Waals surface area contributed by atoms with E-state index in [9.17, 15) is 12.8 Å². The number of hydrogen-bond acceptors (Lipinski definition) is 8. The van der Waals surface area contributed by atoms with Crippen LogP contribution in [0.15, 0.2) is 53.4 Å². The van der Waals surface area contributed by atoms with Gasteiger partial charge in [-0.25, -0.2) is 31.7 Å². The average Bonchev–Trinajstić information content (AvgIpc) is 3.45. The molecule has 0 spiro atoms. The van der Waals surface area contributed by atoms with Crippen LogP contribution in [0.4, 0.5) is 10.1 Å². The van der Waals surface area contributed by atoms with E-state index in [4.69, 9.17) is 0 Å². The normalized spacial score (nSPS) is 15.9. The number of rotatable bonds is 5. The summed E-state index contributed by atoms with van der Waals surface area (Å²) in [6.07, 6.45) is 0. The van der Waals surface area contributed by atoms with Crippen LogP contribution in [0.5, 0.6) is 0 Å². The fourth-order valence-electron chi connectivity index (χ4n) is 5.27. The first-order valence-corrected chi connectivity index (χ1v) is 15.1. The number of piperazine rings is 1. The number of thiazole rings is 1. The maximum Gasteiger partial charge on any atom is 0.269 e. The predicted octanol–water partition coefficient (Wildman–Crippen LogP) is 5.23. The third kappa shape index (κ3) is 4.58. The van der Waals surface area contributed by atoms with Crippen molar-refractivity contribution >= 4 is 48.4 Å². The van der Waals surface area contributed by atoms with Crippen LogP contribution < -0.4 is 4.90 Å². The SMILES string of the molecule is Cc1ccc(S(=O)(=O)n2c(C)nc3ccc(N4CCN(C(C)c5nc6nc(C)sc6cc5F)CC4)cc32)cc1. The molecule has 6 rings (SSSR count). The first-order chi connectivity index (χ1) is 18.6. The Bertz CT molecular complexity index is 1810. The molecule has 0 saturated carbocycles. The largest absolute Gasteiger partial charge is 0.369 e. The summed E-state index contributed by atoms with van der Waals surface area (Å²) >= 11 is 1.45. The van der Waals surface area contributed by atoms with Gasteiger partial charge in [-0.05, 0) is 64.1 Å². The van der Waals surface area contributed by atoms with Gasteiger partial charge in [0.1, 0.15) is 11.6 Å². The summed E-state index contributed by atoms with van der Waals surface area (Å²) < 4.78 is 44.1. The van der Waals surface area contributed by atoms with Crippen molar-refractivity contribution in [2.24, 2.45) is 0 Å². The molecule has 1 aliphatic rings. The van der Waals surface area contributed by atoms with E-state index in [0.717, 1.165) is 21.0 Å². The molecule has 1 saturated heterocycles. The number of benzene rings is 2. The van der Waals surface area contributed by atoms with Crippen LogP contribution in [0.25, 0.3) is 21.4 Å². The number of pyridine rings is 1. The smallest absolute Gasteiger partial charge is 0.269 e. The molecule has 2 aromatic carbocycles. The molecule has 1 fully saturated rings. The molecule has 202 valence electrons. The third-order valence-electron chi connectivity index (χ3n) is 7.41. The third-order valence-corrected chi connectivity index (χ3v) is 10.1. The number of aryl methyl sites for hydroxylation is 3. The van der Waals surface area contributed by atoms with E-state index in [-0.39, 0.29) is 16.8 Å². The molecule has 0 radical (unpaired) electrons. The number of anilines is 1. The lowest BCUT2D eigenvalue weighted by Gasteiger charge is -2.39. The van der Waals surface area contributed by atoms with Crippen molar-refractivity contribution in [2.75, 3.05) is 31.1 Å². The molecule has 5 aromatic rings. The average molecular weight is 565 g/mol. The number of hydrogen-bond donors (Lipinski definition) is 0. The molecule has 39 heavy (non-hydrogen) atoms. The second-order valence-electron chi connectivity index (χ2n) is 10.0. The fourth-order valence-corrected chi connectivity index (χ4v) is 7.55. The predicted molar refractivity (Wildman–Crippen MR) is 153 cm³/mol. The number of nitrogens with zero attached hydrogens (tertiary/aromatic N) is 6. The molecule has 0 N–H and O–H groups in total. The Morgan fingerprint density at radius 2 is 1.64 bits per heavy atom. The van der Waals surface area contributed by atoms with Gasteiger partial charge in [-0.3, -0.25) is 4.90 Å². The summed E-state index contributed by atoms with van der Waals surface area (Å²) in [6, 6.07) is 14.0. The minimum absolute atomic E-state index is 0.190. The molecule has 8 nitrogen and oxygen atoms in total. The summed E-state index contributed by atoms with van der Waals surface area (Å²) in [5, 5.41) is 0.871. The Kier molecular flexibility index (Phi) is 6.40. The van der Waals surface area contributed by atoms with Crippen LogP contribution >= 0.6 is 11.3 Å². The fraction of sp³-hybridized carbons (Fsp3) is 0.321. The van der Waals surface area contributed by atoms with Crippen LogP contribution in [0.2, 0.25) is 0 Å². The van der Waals surface area contributed by atoms with Crippen molar-refractivity contribution < 1.29 is 12.8 Å². The molecule has 0 aliphatic carbocycles. The molecular weight excluding hydrogens is 535 g/mol. The zero-order valence-corrected chi connectivity index (χ0v) is 23.9. The first-order valence-electron chi connectivity index (χ1n) is 12.9. The van der Waals surface area contributed by atoms with Crippen LogP contribution in [0.1, 0.15) is 35.1 Å². The van der Waals surface area contributed by atoms with E-state index in [2.05, 4.69) is 24.8 Å². The van der Waals surface area contributed by atoms with Gasteiger partial charge in [0, 0.05) is 31.9 Å². The van der Waals surface area contributed by atoms with E-state index in [1.165, 1.54) is 15.3 Å². The van der Waals surface area contributed by atoms with Gasteiger partial charge in [-0.15, -0.1) is 11.3 Å². The molecule has 0 bridgehead atoms. The molecule has 11 heteroatoms. The van der Waals surface area contributed by atoms with Gasteiger partial charge in [0.15, 0.2) is 5.65 Å². The Morgan fingerprint density at radius 1 is 0.923 bits per heavy atom. The van der Waals surface area contributed by atoms with Gasteiger partial charge in [0.05, 0.1) is 37.4 Å². The molecule has 4 heterocycles. The summed E-state index contributed by atoms with van der Waals surface area (Å²) in [5.41, 5.74) is 4.13. The standard InChI is InChI=1S/C28H29FN6O2S2/c1-17-5-8-22(9-6-17)39(36,37)35-19(3)30-24-10-7-21(15-25(24)35)34-13-11-33(12-14-34)18(2)27-23(29)16-26-28(32-27)31-20(4)38-26/h5-10,15-16,18H,11-14H2,1-4H3. The monoisotopic (exact) mass is 564 g/mol. The van der Waals surface area contributed by atoms with Crippen molar-refractivity contribution in [1.29, 1.82) is 0 Å². The molecule has 0 amide bonds. The van der Waals surface area contributed by atoms with Crippen molar-refractivity contribution in [3.8, 4) is 0 Å². The van der Waals surface area contributed by atoms with Crippen molar-refractivity contribution in [2.45, 2.75) is 38.6 Å². The minimum atomic E-state index is -3.81. The van der Waals surface area contributed by atoms with Gasteiger partial charge in [0.2, 0.25) is 0 Å². The molecule has 3 aromatic heterocycles. The first kappa shape index (κ1) is 25.8. The number of fused-ring (bicyclic) bond motifs is 2. The van der Waals surface area contributed by atoms with Crippen molar-refractivity contribution in [1.82, 2.24) is 23.8 Å². The van der Waals surface area contributed by atoms with Gasteiger partial charge in [-0.2, -0.15) is 0 Å². The highest BCUT2D eigenvalue weighted by atomic mass is 32.2. The van der Waals surface area contributed by atoms with E-state index in [0.29, 0.717) is 54.4 Å². The number of halogens is 1. The Morgan fingerprint density at radius 3 is 2.36 bits per heavy atom. The van der Waals surface area contributed by atoms with Crippen LogP contribution in [-0.4, -0.2) is 58.4 Å². The molecule has 1 aliphatic heterocycles. The molecule has 1 unspecified atom stereocenters. The maximum absolute atomic E-state index is 14.9. The van der Waals surface area contributed by atoms with Crippen LogP contribution in [-0.2, 0) is 10.0 Å². The summed E-state index contributed by atoms with van der Waals surface area (Å²) in [7, 11) is -3.81. The minimum Gasteiger partial charge on any atom is -0.369 e. The highest BCUT2D eigenvalue weighted by Gasteiger charge is 2.27. The van der Waals surface area contributed by atoms with E-state index < -0.39 is 10.0 Å². The Labute approximate surface area is 230 Å². The number of aromatic nitrogens is 4. The number of imidazole rings is 1. The lowest BCUT2D eigenvalue weighted by atomic mass is 10.1. The van der Waals surface area contributed by atoms with Crippen LogP contribution in [0.3, 0.4) is 0 Å². The Hall–Kier alpha value is -3.41. The lowest BCUT2D eigenvalue weighted by molar-refractivity contribution is 0.192. The summed E-state index contributed by atoms with van der Waals surface area (Å²) in [4.78, 5) is 18.2. The van der Waals surface area contributed by atoms with Gasteiger partial charge < -0.3 is 4.90 Å². The second kappa shape index (κ2) is 9.65. The summed E-state index contributed by atoms with van der Waals surface area (Å²) in [6.45, 7) is 10.4. The van der Waals surface area contributed by atoms with Crippen LogP contribution in [0, 0.1) is 26.6 Å². The van der Waals surface area contributed by atoms with E-state index >= 15 is 0 Å². The van der Waals surface area contributed by atoms with Gasteiger partial charge in [-0.1, -0.05) is 17.7 Å². The highest BCUT2D eigenvalue weighted by Crippen LogP contribution is 2.31. The summed E-state index contributed by atoms with van der Waals surface area (Å²) in [5.74, 6) is 0.119. The molecular formula is C28H29FN6O2S2. The second-order valence-corrected chi connectivity index (χ2v) is 13.0. The lowest BCUT2D eigenvalue weighted by Crippen LogP contribution is -2.47. The highest BCUT2D eigenvalue weighted by molar-refractivity contribution is 7.90. The van der Waals surface area contributed by atoms with Crippen molar-refractivity contribution in [3.63, 3.8) is 0 Å². The zero-order chi connectivity index (χ0) is 27.5. The van der Waals surface area contributed by atoms with Gasteiger partial charge in [0.25, 0.3) is 10.0 Å². The zero-order valence-electron chi connectivity index (χ0n) is 22.2. The quantitative estimate of drug-likeness (QED) is 0.289. The van der Waals surface area contributed by atoms with Gasteiger partial charge >= 0.3 is 0 Å². The molecule has 1 atom stereocenters. The van der Waals surface area contributed by atoms with E-state index in [1.54, 1.807) is 37.3 Å². The van der Waals surface area contributed by atoms with Crippen molar-refractivity contribution in [3.05, 3.63) is 76.4 Å². The maximum atomic E-state index is 14.9.